The third-order valence-electron chi connectivity index (χ3n) is 3.09. The number of thioether (sulfide) groups is 1. The molecule has 0 unspecified atom stereocenters. The van der Waals surface area contributed by atoms with E-state index in [9.17, 15) is 28.1 Å². The van der Waals surface area contributed by atoms with Crippen molar-refractivity contribution in [2.24, 2.45) is 7.05 Å². The van der Waals surface area contributed by atoms with Gasteiger partial charge in [0.1, 0.15) is 5.75 Å². The lowest BCUT2D eigenvalue weighted by Crippen LogP contribution is -2.16. The number of amides is 1. The number of nitrogens with zero attached hydrogens (tertiary/aromatic N) is 4. The van der Waals surface area contributed by atoms with Crippen LogP contribution in [-0.2, 0) is 18.0 Å². The van der Waals surface area contributed by atoms with E-state index in [-0.39, 0.29) is 28.0 Å². The van der Waals surface area contributed by atoms with Gasteiger partial charge in [-0.1, -0.05) is 11.8 Å². The Hall–Kier alpha value is -2.83. The summed E-state index contributed by atoms with van der Waals surface area (Å²) in [5, 5.41) is 19.6. The van der Waals surface area contributed by atoms with Gasteiger partial charge < -0.3 is 14.6 Å². The molecule has 0 fully saturated rings. The fraction of sp³-hybridized carbons (Fsp3) is 0.308. The Morgan fingerprint density at radius 1 is 1.42 bits per heavy atom. The van der Waals surface area contributed by atoms with E-state index < -0.39 is 22.8 Å². The summed E-state index contributed by atoms with van der Waals surface area (Å²) in [4.78, 5) is 22.2. The van der Waals surface area contributed by atoms with Crippen LogP contribution in [0.5, 0.6) is 5.75 Å². The van der Waals surface area contributed by atoms with Crippen molar-refractivity contribution in [1.82, 2.24) is 14.8 Å². The van der Waals surface area contributed by atoms with E-state index in [4.69, 9.17) is 4.74 Å². The molecule has 0 atom stereocenters. The number of anilines is 1. The SMILES string of the molecule is COc1ccc([N+](=O)[O-])cc1NC(=O)CSc1nnc(C(F)(F)F)n1C. The molecule has 140 valence electrons. The average molecular weight is 391 g/mol. The predicted octanol–water partition coefficient (Wildman–Crippen LogP) is 2.48. The van der Waals surface area contributed by atoms with E-state index in [0.717, 1.165) is 29.4 Å². The number of ether oxygens (including phenoxy) is 1. The molecule has 0 spiro atoms. The van der Waals surface area contributed by atoms with Gasteiger partial charge in [-0.3, -0.25) is 14.9 Å². The number of nitrogens with one attached hydrogen (secondary N) is 1. The number of rotatable bonds is 6. The smallest absolute Gasteiger partial charge is 0.451 e. The Kier molecular flexibility index (Phi) is 5.69. The van der Waals surface area contributed by atoms with Crippen molar-refractivity contribution in [2.45, 2.75) is 11.3 Å². The van der Waals surface area contributed by atoms with Crippen molar-refractivity contribution >= 4 is 29.0 Å². The van der Waals surface area contributed by atoms with Gasteiger partial charge in [-0.25, -0.2) is 0 Å². The normalized spacial score (nSPS) is 11.3. The van der Waals surface area contributed by atoms with Gasteiger partial charge in [0.25, 0.3) is 5.69 Å². The Bertz CT molecular complexity index is 840. The second kappa shape index (κ2) is 7.59. The second-order valence-electron chi connectivity index (χ2n) is 4.84. The van der Waals surface area contributed by atoms with Crippen molar-refractivity contribution in [1.29, 1.82) is 0 Å². The maximum Gasteiger partial charge on any atom is 0.451 e. The minimum Gasteiger partial charge on any atom is -0.495 e. The van der Waals surface area contributed by atoms with Crippen molar-refractivity contribution < 1.29 is 27.6 Å². The number of halogens is 3. The standard InChI is InChI=1S/C13H12F3N5O4S/c1-20-11(13(14,15)16)18-19-12(20)26-6-10(22)17-8-5-7(21(23)24)3-4-9(8)25-2/h3-5H,6H2,1-2H3,(H,17,22). The van der Waals surface area contributed by atoms with Crippen LogP contribution in [-0.4, -0.2) is 38.5 Å². The largest absolute Gasteiger partial charge is 0.495 e. The Balaban J connectivity index is 2.07. The van der Waals surface area contributed by atoms with Gasteiger partial charge in [0, 0.05) is 19.2 Å². The van der Waals surface area contributed by atoms with E-state index in [1.54, 1.807) is 0 Å². The molecule has 9 nitrogen and oxygen atoms in total. The van der Waals surface area contributed by atoms with Crippen molar-refractivity contribution in [2.75, 3.05) is 18.2 Å². The van der Waals surface area contributed by atoms with Gasteiger partial charge in [0.15, 0.2) is 5.16 Å². The van der Waals surface area contributed by atoms with Crippen LogP contribution >= 0.6 is 11.8 Å². The number of hydrogen-bond donors (Lipinski definition) is 1. The molecule has 2 aromatic rings. The fourth-order valence-electron chi connectivity index (χ4n) is 1.91. The molecule has 0 aliphatic rings. The first kappa shape index (κ1) is 19.5. The van der Waals surface area contributed by atoms with Crippen molar-refractivity contribution in [3.8, 4) is 5.75 Å². The molecular weight excluding hydrogens is 379 g/mol. The van der Waals surface area contributed by atoms with Crippen LogP contribution in [0, 0.1) is 10.1 Å². The van der Waals surface area contributed by atoms with E-state index in [1.165, 1.54) is 19.2 Å². The van der Waals surface area contributed by atoms with Crippen LogP contribution in [0.1, 0.15) is 5.82 Å². The van der Waals surface area contributed by atoms with Gasteiger partial charge in [-0.05, 0) is 6.07 Å². The molecule has 1 heterocycles. The quantitative estimate of drug-likeness (QED) is 0.457. The molecule has 2 rings (SSSR count). The summed E-state index contributed by atoms with van der Waals surface area (Å²) in [6.45, 7) is 0. The highest BCUT2D eigenvalue weighted by Gasteiger charge is 2.37. The maximum absolute atomic E-state index is 12.7. The van der Waals surface area contributed by atoms with Crippen LogP contribution in [0.2, 0.25) is 0 Å². The lowest BCUT2D eigenvalue weighted by molar-refractivity contribution is -0.384. The van der Waals surface area contributed by atoms with E-state index in [1.807, 2.05) is 0 Å². The molecule has 1 amide bonds. The first-order chi connectivity index (χ1) is 12.1. The molecule has 0 aliphatic carbocycles. The van der Waals surface area contributed by atoms with Crippen LogP contribution in [0.3, 0.4) is 0 Å². The maximum atomic E-state index is 12.7. The summed E-state index contributed by atoms with van der Waals surface area (Å²) in [6.07, 6.45) is -4.65. The lowest BCUT2D eigenvalue weighted by atomic mass is 10.2. The van der Waals surface area contributed by atoms with Crippen LogP contribution in [0.25, 0.3) is 0 Å². The highest BCUT2D eigenvalue weighted by molar-refractivity contribution is 7.99. The summed E-state index contributed by atoms with van der Waals surface area (Å²) in [5.41, 5.74) is -0.182. The first-order valence-electron chi connectivity index (χ1n) is 6.85. The molecule has 0 aliphatic heterocycles. The van der Waals surface area contributed by atoms with Gasteiger partial charge >= 0.3 is 6.18 Å². The predicted molar refractivity (Wildman–Crippen MR) is 85.0 cm³/mol. The van der Waals surface area contributed by atoms with Gasteiger partial charge in [-0.2, -0.15) is 13.2 Å². The number of alkyl halides is 3. The van der Waals surface area contributed by atoms with Crippen LogP contribution < -0.4 is 10.1 Å². The summed E-state index contributed by atoms with van der Waals surface area (Å²) in [6, 6.07) is 3.64. The topological polar surface area (TPSA) is 112 Å². The van der Waals surface area contributed by atoms with E-state index >= 15 is 0 Å². The first-order valence-corrected chi connectivity index (χ1v) is 7.83. The van der Waals surface area contributed by atoms with Crippen molar-refractivity contribution in [3.63, 3.8) is 0 Å². The molecule has 1 aromatic heterocycles. The molecule has 0 bridgehead atoms. The van der Waals surface area contributed by atoms with Crippen LogP contribution in [0.4, 0.5) is 24.5 Å². The highest BCUT2D eigenvalue weighted by Crippen LogP contribution is 2.31. The Morgan fingerprint density at radius 3 is 2.65 bits per heavy atom. The van der Waals surface area contributed by atoms with E-state index in [0.29, 0.717) is 0 Å². The number of aromatic nitrogens is 3. The number of hydrogen-bond acceptors (Lipinski definition) is 7. The highest BCUT2D eigenvalue weighted by atomic mass is 32.2. The minimum absolute atomic E-state index is 0.0706. The zero-order chi connectivity index (χ0) is 19.5. The Labute approximate surface area is 148 Å². The number of methoxy groups -OCH3 is 1. The van der Waals surface area contributed by atoms with Crippen molar-refractivity contribution in [3.05, 3.63) is 34.1 Å². The van der Waals surface area contributed by atoms with Gasteiger partial charge in [-0.15, -0.1) is 10.2 Å². The number of nitro groups is 1. The van der Waals surface area contributed by atoms with E-state index in [2.05, 4.69) is 15.5 Å². The monoisotopic (exact) mass is 391 g/mol. The zero-order valence-electron chi connectivity index (χ0n) is 13.4. The third kappa shape index (κ3) is 4.41. The third-order valence-corrected chi connectivity index (χ3v) is 4.11. The Morgan fingerprint density at radius 2 is 2.12 bits per heavy atom. The summed E-state index contributed by atoms with van der Waals surface area (Å²) >= 11 is 0.738. The summed E-state index contributed by atoms with van der Waals surface area (Å²) in [5.74, 6) is -1.87. The minimum atomic E-state index is -4.65. The van der Waals surface area contributed by atoms with Gasteiger partial charge in [0.2, 0.25) is 11.7 Å². The molecule has 1 N–H and O–H groups in total. The van der Waals surface area contributed by atoms with Gasteiger partial charge in [0.05, 0.1) is 23.5 Å². The fourth-order valence-corrected chi connectivity index (χ4v) is 2.62. The lowest BCUT2D eigenvalue weighted by Gasteiger charge is -2.10. The zero-order valence-corrected chi connectivity index (χ0v) is 14.2. The average Bonchev–Trinajstić information content (AvgIpc) is 2.93. The molecule has 1 aromatic carbocycles. The number of carbonyl (C=O) groups is 1. The number of carbonyl (C=O) groups excluding carboxylic acids is 1. The van der Waals surface area contributed by atoms with Crippen LogP contribution in [0.15, 0.2) is 23.4 Å². The number of benzene rings is 1. The second-order valence-corrected chi connectivity index (χ2v) is 5.78. The summed E-state index contributed by atoms with van der Waals surface area (Å²) in [7, 11) is 2.45. The number of non-ortho nitro benzene ring substituents is 1. The number of nitro benzene ring substituents is 1. The molecule has 26 heavy (non-hydrogen) atoms. The molecule has 0 saturated carbocycles. The molecule has 13 heteroatoms. The summed E-state index contributed by atoms with van der Waals surface area (Å²) < 4.78 is 43.7. The molecular formula is C13H12F3N5O4S. The molecule has 0 saturated heterocycles. The molecule has 0 radical (unpaired) electrons.